The molecule has 2 rings (SSSR count). The Bertz CT molecular complexity index is 546. The van der Waals surface area contributed by atoms with E-state index in [9.17, 15) is 0 Å². The van der Waals surface area contributed by atoms with E-state index in [4.69, 9.17) is 4.74 Å². The standard InChI is InChI=1S/C15H21N3O/c1-5-18-9-14(8-17-18)13-6-12(4)15(16-7-13)10-19-11(2)3/h6-9,11H,5,10H2,1-4H3. The van der Waals surface area contributed by atoms with Gasteiger partial charge in [0.2, 0.25) is 0 Å². The predicted molar refractivity (Wildman–Crippen MR) is 75.8 cm³/mol. The maximum Gasteiger partial charge on any atom is 0.0894 e. The van der Waals surface area contributed by atoms with Gasteiger partial charge in [-0.1, -0.05) is 0 Å². The third-order valence-electron chi connectivity index (χ3n) is 3.03. The highest BCUT2D eigenvalue weighted by atomic mass is 16.5. The lowest BCUT2D eigenvalue weighted by atomic mass is 10.1. The van der Waals surface area contributed by atoms with E-state index in [1.165, 1.54) is 0 Å². The van der Waals surface area contributed by atoms with Gasteiger partial charge in [0.05, 0.1) is 24.6 Å². The maximum absolute atomic E-state index is 5.60. The van der Waals surface area contributed by atoms with E-state index in [0.717, 1.165) is 28.9 Å². The van der Waals surface area contributed by atoms with Crippen LogP contribution in [0.5, 0.6) is 0 Å². The minimum absolute atomic E-state index is 0.226. The zero-order valence-electron chi connectivity index (χ0n) is 12.1. The molecule has 4 nitrogen and oxygen atoms in total. The Morgan fingerprint density at radius 2 is 2.05 bits per heavy atom. The lowest BCUT2D eigenvalue weighted by Gasteiger charge is -2.10. The van der Waals surface area contributed by atoms with Crippen LogP contribution in [0.15, 0.2) is 24.7 Å². The smallest absolute Gasteiger partial charge is 0.0894 e. The summed E-state index contributed by atoms with van der Waals surface area (Å²) in [6.45, 7) is 9.66. The molecule has 19 heavy (non-hydrogen) atoms. The molecule has 0 atom stereocenters. The fourth-order valence-electron chi connectivity index (χ4n) is 1.84. The van der Waals surface area contributed by atoms with Crippen LogP contribution in [0.25, 0.3) is 11.1 Å². The zero-order valence-corrected chi connectivity index (χ0v) is 12.1. The van der Waals surface area contributed by atoms with Crippen molar-refractivity contribution in [1.29, 1.82) is 0 Å². The van der Waals surface area contributed by atoms with Crippen LogP contribution < -0.4 is 0 Å². The van der Waals surface area contributed by atoms with Crippen molar-refractivity contribution in [3.05, 3.63) is 35.9 Å². The van der Waals surface area contributed by atoms with E-state index in [-0.39, 0.29) is 6.10 Å². The van der Waals surface area contributed by atoms with Gasteiger partial charge < -0.3 is 4.74 Å². The van der Waals surface area contributed by atoms with Crippen molar-refractivity contribution >= 4 is 0 Å². The summed E-state index contributed by atoms with van der Waals surface area (Å²) in [5.74, 6) is 0. The highest BCUT2D eigenvalue weighted by Crippen LogP contribution is 2.20. The molecule has 0 unspecified atom stereocenters. The zero-order chi connectivity index (χ0) is 13.8. The first-order valence-electron chi connectivity index (χ1n) is 6.70. The first kappa shape index (κ1) is 13.7. The Balaban J connectivity index is 2.18. The fraction of sp³-hybridized carbons (Fsp3) is 0.467. The summed E-state index contributed by atoms with van der Waals surface area (Å²) in [6.07, 6.45) is 6.04. The Kier molecular flexibility index (Phi) is 4.32. The van der Waals surface area contributed by atoms with Crippen molar-refractivity contribution < 1.29 is 4.74 Å². The number of rotatable bonds is 5. The van der Waals surface area contributed by atoms with E-state index in [1.54, 1.807) is 0 Å². The molecule has 2 aromatic rings. The van der Waals surface area contributed by atoms with Gasteiger partial charge in [-0.2, -0.15) is 5.10 Å². The summed E-state index contributed by atoms with van der Waals surface area (Å²) in [7, 11) is 0. The number of hydrogen-bond donors (Lipinski definition) is 0. The van der Waals surface area contributed by atoms with E-state index >= 15 is 0 Å². The molecule has 0 bridgehead atoms. The Morgan fingerprint density at radius 3 is 2.63 bits per heavy atom. The number of aryl methyl sites for hydroxylation is 2. The second-order valence-corrected chi connectivity index (χ2v) is 4.93. The van der Waals surface area contributed by atoms with Crippen molar-refractivity contribution in [2.75, 3.05) is 0 Å². The van der Waals surface area contributed by atoms with Gasteiger partial charge in [0.15, 0.2) is 0 Å². The van der Waals surface area contributed by atoms with Crippen LogP contribution in [0, 0.1) is 6.92 Å². The van der Waals surface area contributed by atoms with Crippen molar-refractivity contribution in [3.8, 4) is 11.1 Å². The monoisotopic (exact) mass is 259 g/mol. The van der Waals surface area contributed by atoms with Gasteiger partial charge in [0, 0.05) is 30.1 Å². The van der Waals surface area contributed by atoms with Crippen LogP contribution in [0.1, 0.15) is 32.0 Å². The van der Waals surface area contributed by atoms with Crippen LogP contribution in [-0.4, -0.2) is 20.9 Å². The maximum atomic E-state index is 5.60. The molecule has 0 radical (unpaired) electrons. The van der Waals surface area contributed by atoms with Crippen LogP contribution in [-0.2, 0) is 17.9 Å². The largest absolute Gasteiger partial charge is 0.372 e. The van der Waals surface area contributed by atoms with Crippen molar-refractivity contribution in [3.63, 3.8) is 0 Å². The number of pyridine rings is 1. The molecule has 102 valence electrons. The van der Waals surface area contributed by atoms with E-state index in [1.807, 2.05) is 37.1 Å². The van der Waals surface area contributed by atoms with E-state index in [0.29, 0.717) is 6.61 Å². The van der Waals surface area contributed by atoms with E-state index in [2.05, 4.69) is 30.0 Å². The van der Waals surface area contributed by atoms with Crippen molar-refractivity contribution in [2.45, 2.75) is 47.0 Å². The molecular formula is C15H21N3O. The number of nitrogens with zero attached hydrogens (tertiary/aromatic N) is 3. The van der Waals surface area contributed by atoms with Crippen LogP contribution in [0.3, 0.4) is 0 Å². The van der Waals surface area contributed by atoms with Gasteiger partial charge in [-0.15, -0.1) is 0 Å². The average molecular weight is 259 g/mol. The van der Waals surface area contributed by atoms with Gasteiger partial charge in [-0.25, -0.2) is 0 Å². The molecule has 2 heterocycles. The summed E-state index contributed by atoms with van der Waals surface area (Å²) in [5.41, 5.74) is 4.36. The third-order valence-corrected chi connectivity index (χ3v) is 3.03. The minimum atomic E-state index is 0.226. The van der Waals surface area contributed by atoms with Crippen molar-refractivity contribution in [2.24, 2.45) is 0 Å². The lowest BCUT2D eigenvalue weighted by molar-refractivity contribution is 0.0633. The Morgan fingerprint density at radius 1 is 1.26 bits per heavy atom. The van der Waals surface area contributed by atoms with Gasteiger partial charge in [0.1, 0.15) is 0 Å². The molecule has 0 spiro atoms. The first-order valence-corrected chi connectivity index (χ1v) is 6.70. The third kappa shape index (κ3) is 3.41. The topological polar surface area (TPSA) is 39.9 Å². The number of ether oxygens (including phenoxy) is 1. The highest BCUT2D eigenvalue weighted by molar-refractivity contribution is 5.61. The van der Waals surface area contributed by atoms with Crippen molar-refractivity contribution in [1.82, 2.24) is 14.8 Å². The molecule has 0 fully saturated rings. The molecule has 0 aliphatic rings. The molecule has 0 amide bonds. The van der Waals surface area contributed by atoms with Crippen LogP contribution >= 0.6 is 0 Å². The molecule has 0 aliphatic carbocycles. The summed E-state index contributed by atoms with van der Waals surface area (Å²) < 4.78 is 7.51. The van der Waals surface area contributed by atoms with Gasteiger partial charge >= 0.3 is 0 Å². The molecule has 0 aromatic carbocycles. The Hall–Kier alpha value is -1.68. The molecule has 2 aromatic heterocycles. The SMILES string of the molecule is CCn1cc(-c2cnc(COC(C)C)c(C)c2)cn1. The summed E-state index contributed by atoms with van der Waals surface area (Å²) in [4.78, 5) is 4.50. The van der Waals surface area contributed by atoms with Gasteiger partial charge in [0.25, 0.3) is 0 Å². The van der Waals surface area contributed by atoms with Crippen LogP contribution in [0.2, 0.25) is 0 Å². The lowest BCUT2D eigenvalue weighted by Crippen LogP contribution is -2.05. The number of hydrogen-bond acceptors (Lipinski definition) is 3. The quantitative estimate of drug-likeness (QED) is 0.827. The van der Waals surface area contributed by atoms with Gasteiger partial charge in [-0.3, -0.25) is 9.67 Å². The second kappa shape index (κ2) is 5.97. The highest BCUT2D eigenvalue weighted by Gasteiger charge is 2.06. The molecule has 0 N–H and O–H groups in total. The first-order chi connectivity index (χ1) is 9.10. The summed E-state index contributed by atoms with van der Waals surface area (Å²) >= 11 is 0. The van der Waals surface area contributed by atoms with E-state index < -0.39 is 0 Å². The summed E-state index contributed by atoms with van der Waals surface area (Å²) in [5, 5.41) is 4.29. The molecule has 0 saturated heterocycles. The second-order valence-electron chi connectivity index (χ2n) is 4.93. The minimum Gasteiger partial charge on any atom is -0.372 e. The fourth-order valence-corrected chi connectivity index (χ4v) is 1.84. The van der Waals surface area contributed by atoms with Crippen LogP contribution in [0.4, 0.5) is 0 Å². The summed E-state index contributed by atoms with van der Waals surface area (Å²) in [6, 6.07) is 2.14. The molecule has 4 heteroatoms. The normalized spacial score (nSPS) is 11.2. The Labute approximate surface area is 114 Å². The number of aromatic nitrogens is 3. The molecule has 0 saturated carbocycles. The molecule has 0 aliphatic heterocycles. The molecular weight excluding hydrogens is 238 g/mol. The predicted octanol–water partition coefficient (Wildman–Crippen LogP) is 3.20. The average Bonchev–Trinajstić information content (AvgIpc) is 2.85. The van der Waals surface area contributed by atoms with Gasteiger partial charge in [-0.05, 0) is 39.3 Å².